The lowest BCUT2D eigenvalue weighted by Gasteiger charge is -2.24. The molecule has 0 aliphatic carbocycles. The van der Waals surface area contributed by atoms with Crippen LogP contribution in [-0.2, 0) is 41.4 Å². The Kier molecular flexibility index (Phi) is 10.5. The van der Waals surface area contributed by atoms with E-state index in [9.17, 15) is 38.4 Å². The summed E-state index contributed by atoms with van der Waals surface area (Å²) in [4.78, 5) is 63.2. The van der Waals surface area contributed by atoms with Gasteiger partial charge in [-0.2, -0.15) is 4.98 Å². The molecule has 0 saturated carbocycles. The van der Waals surface area contributed by atoms with E-state index in [0.29, 0.717) is 6.42 Å². The van der Waals surface area contributed by atoms with Crippen molar-refractivity contribution in [2.45, 2.75) is 82.2 Å². The van der Waals surface area contributed by atoms with Gasteiger partial charge in [0.05, 0.1) is 31.5 Å². The molecule has 5 heterocycles. The molecule has 2 aromatic rings. The highest BCUT2D eigenvalue weighted by atomic mass is 31.2. The molecule has 3 aliphatic rings. The highest BCUT2D eigenvalue weighted by Gasteiger charge is 2.45. The van der Waals surface area contributed by atoms with Crippen LogP contribution in [0.2, 0.25) is 0 Å². The van der Waals surface area contributed by atoms with Crippen molar-refractivity contribution in [1.29, 1.82) is 0 Å². The lowest BCUT2D eigenvalue weighted by atomic mass is 10.2. The molecule has 10 atom stereocenters. The number of rotatable bonds is 12. The summed E-state index contributed by atoms with van der Waals surface area (Å²) in [7, 11) is -9.68. The first-order chi connectivity index (χ1) is 21.6. The van der Waals surface area contributed by atoms with Crippen LogP contribution in [0.5, 0.6) is 0 Å². The Morgan fingerprint density at radius 3 is 2.30 bits per heavy atom. The van der Waals surface area contributed by atoms with Gasteiger partial charge in [-0.1, -0.05) is 0 Å². The number of anilines is 1. The van der Waals surface area contributed by atoms with E-state index in [2.05, 4.69) is 9.97 Å². The molecule has 3 fully saturated rings. The van der Waals surface area contributed by atoms with Gasteiger partial charge in [-0.3, -0.25) is 37.0 Å². The van der Waals surface area contributed by atoms with Crippen molar-refractivity contribution in [3.8, 4) is 0 Å². The molecule has 0 bridgehead atoms. The number of aryl methyl sites for hydroxylation is 1. The molecule has 0 amide bonds. The van der Waals surface area contributed by atoms with Crippen LogP contribution in [-0.4, -0.2) is 90.4 Å². The van der Waals surface area contributed by atoms with Gasteiger partial charge >= 0.3 is 27.0 Å². The number of H-pyrrole nitrogens is 1. The number of nitrogens with one attached hydrogen (secondary N) is 1. The second-order valence-corrected chi connectivity index (χ2v) is 13.8. The average Bonchev–Trinajstić information content (AvgIpc) is 3.66. The molecule has 46 heavy (non-hydrogen) atoms. The van der Waals surface area contributed by atoms with Crippen molar-refractivity contribution in [2.75, 3.05) is 25.6 Å². The minimum Gasteiger partial charge on any atom is -0.390 e. The Labute approximate surface area is 260 Å². The Morgan fingerprint density at radius 2 is 1.65 bits per heavy atom. The molecule has 2 aromatic heterocycles. The van der Waals surface area contributed by atoms with Crippen LogP contribution in [0, 0.1) is 6.92 Å². The van der Waals surface area contributed by atoms with Crippen LogP contribution in [0.25, 0.3) is 0 Å². The van der Waals surface area contributed by atoms with E-state index in [1.165, 1.54) is 25.4 Å². The third kappa shape index (κ3) is 8.28. The smallest absolute Gasteiger partial charge is 0.390 e. The first-order valence-electron chi connectivity index (χ1n) is 14.2. The third-order valence-corrected chi connectivity index (χ3v) is 9.67. The summed E-state index contributed by atoms with van der Waals surface area (Å²) in [5, 5.41) is 9.89. The maximum atomic E-state index is 13.0. The fraction of sp³-hybridized carbons (Fsp3) is 0.667. The average molecular weight is 696 g/mol. The minimum absolute atomic E-state index is 0.0499. The largest absolute Gasteiger partial charge is 0.472 e. The monoisotopic (exact) mass is 695 g/mol. The highest BCUT2D eigenvalue weighted by molar-refractivity contribution is 7.47. The van der Waals surface area contributed by atoms with Gasteiger partial charge < -0.3 is 34.8 Å². The normalized spacial score (nSPS) is 32.4. The predicted octanol–water partition coefficient (Wildman–Crippen LogP) is -0.567. The van der Waals surface area contributed by atoms with Crippen LogP contribution in [0.4, 0.5) is 5.82 Å². The number of aliphatic hydroxyl groups excluding tert-OH is 1. The summed E-state index contributed by atoms with van der Waals surface area (Å²) < 4.78 is 65.6. The molecule has 22 heteroatoms. The second-order valence-electron chi connectivity index (χ2n) is 11.0. The number of aromatic nitrogens is 4. The molecule has 5 rings (SSSR count). The van der Waals surface area contributed by atoms with Crippen molar-refractivity contribution in [2.24, 2.45) is 0 Å². The second kappa shape index (κ2) is 13.9. The zero-order valence-corrected chi connectivity index (χ0v) is 26.4. The van der Waals surface area contributed by atoms with Crippen molar-refractivity contribution in [3.63, 3.8) is 0 Å². The van der Waals surface area contributed by atoms with Crippen molar-refractivity contribution < 1.29 is 56.3 Å². The van der Waals surface area contributed by atoms with Gasteiger partial charge in [-0.05, 0) is 26.3 Å². The first kappa shape index (κ1) is 34.7. The lowest BCUT2D eigenvalue weighted by molar-refractivity contribution is -0.0526. The maximum Gasteiger partial charge on any atom is 0.472 e. The molecule has 6 N–H and O–H groups in total. The first-order valence-corrected chi connectivity index (χ1v) is 17.2. The van der Waals surface area contributed by atoms with E-state index in [-0.39, 0.29) is 30.8 Å². The van der Waals surface area contributed by atoms with E-state index in [1.54, 1.807) is 6.92 Å². The molecule has 0 radical (unpaired) electrons. The van der Waals surface area contributed by atoms with E-state index in [1.807, 2.05) is 0 Å². The van der Waals surface area contributed by atoms with Gasteiger partial charge in [0, 0.05) is 37.4 Å². The van der Waals surface area contributed by atoms with Gasteiger partial charge in [0.15, 0.2) is 0 Å². The molecule has 0 aromatic carbocycles. The predicted molar refractivity (Wildman–Crippen MR) is 153 cm³/mol. The fourth-order valence-corrected chi connectivity index (χ4v) is 7.16. The molecule has 0 spiro atoms. The number of aromatic amines is 1. The van der Waals surface area contributed by atoms with Gasteiger partial charge in [-0.25, -0.2) is 18.7 Å². The van der Waals surface area contributed by atoms with E-state index in [0.717, 1.165) is 9.13 Å². The van der Waals surface area contributed by atoms with Crippen LogP contribution < -0.4 is 22.7 Å². The number of phosphoric ester groups is 2. The zero-order valence-electron chi connectivity index (χ0n) is 24.6. The van der Waals surface area contributed by atoms with Crippen molar-refractivity contribution in [1.82, 2.24) is 19.1 Å². The molecule has 256 valence electrons. The molecule has 20 nitrogen and oxygen atoms in total. The SMILES string of the molecule is Cc1cn([C@H]2C[C@H](OP(=O)(O)OC[C@H]3O[C@@H](n4ccc(N)nc4=O)C[C@@H]3OP(=O)(O)OC[C@H]3OCC[C@@H]3O)[C@@H](C)O2)c(=O)[nH]c1=O. The van der Waals surface area contributed by atoms with Crippen LogP contribution in [0.3, 0.4) is 0 Å². The number of hydrogen-bond donors (Lipinski definition) is 5. The minimum atomic E-state index is -4.86. The van der Waals surface area contributed by atoms with Gasteiger partial charge in [0.2, 0.25) is 0 Å². The Morgan fingerprint density at radius 1 is 1.02 bits per heavy atom. The van der Waals surface area contributed by atoms with Crippen LogP contribution in [0.15, 0.2) is 32.8 Å². The Balaban J connectivity index is 1.25. The number of nitrogens with zero attached hydrogens (tertiary/aromatic N) is 3. The summed E-state index contributed by atoms with van der Waals surface area (Å²) in [6.07, 6.45) is -5.53. The maximum absolute atomic E-state index is 13.0. The zero-order chi connectivity index (χ0) is 33.4. The highest BCUT2D eigenvalue weighted by Crippen LogP contribution is 2.51. The van der Waals surface area contributed by atoms with E-state index in [4.69, 9.17) is 38.0 Å². The number of aliphatic hydroxyl groups is 1. The van der Waals surface area contributed by atoms with E-state index >= 15 is 0 Å². The van der Waals surface area contributed by atoms with Crippen molar-refractivity contribution in [3.05, 3.63) is 55.3 Å². The number of phosphoric acid groups is 2. The molecule has 2 unspecified atom stereocenters. The Hall–Kier alpha value is -2.58. The summed E-state index contributed by atoms with van der Waals surface area (Å²) >= 11 is 0. The number of nitrogens with two attached hydrogens (primary N) is 1. The molecular formula is C24H35N5O15P2. The van der Waals surface area contributed by atoms with Crippen LogP contribution in [0.1, 0.15) is 44.2 Å². The number of nitrogen functional groups attached to an aromatic ring is 1. The van der Waals surface area contributed by atoms with Gasteiger partial charge in [0.1, 0.15) is 36.6 Å². The molecular weight excluding hydrogens is 660 g/mol. The molecule has 3 aliphatic heterocycles. The van der Waals surface area contributed by atoms with Crippen molar-refractivity contribution >= 4 is 21.5 Å². The quantitative estimate of drug-likeness (QED) is 0.174. The third-order valence-electron chi connectivity index (χ3n) is 7.64. The summed E-state index contributed by atoms with van der Waals surface area (Å²) in [5.74, 6) is -0.0530. The van der Waals surface area contributed by atoms with E-state index < -0.39 is 94.9 Å². The standard InChI is InChI=1S/C24H35N5O15P2/c1-12-9-29(24(33)27-22(12)31)21-7-15(13(2)41-21)43-45(34,35)40-11-18-16(8-20(42-18)28-5-3-19(25)26-23(28)32)44-46(36,37)39-10-17-14(30)4-6-38-17/h3,5,9,13-18,20-21,30H,4,6-8,10-11H2,1-2H3,(H,34,35)(H,36,37)(H2,25,26,32)(H,27,31,33)/t13-,14+,15+,16+,17-,18-,20-,21-/m1/s1. The summed E-state index contributed by atoms with van der Waals surface area (Å²) in [6.45, 7) is 2.13. The topological polar surface area (TPSA) is 275 Å². The number of hydrogen-bond acceptors (Lipinski definition) is 15. The fourth-order valence-electron chi connectivity index (χ4n) is 5.20. The lowest BCUT2D eigenvalue weighted by Crippen LogP contribution is -2.33. The summed E-state index contributed by atoms with van der Waals surface area (Å²) in [6, 6.07) is 1.33. The van der Waals surface area contributed by atoms with Gasteiger partial charge in [-0.15, -0.1) is 0 Å². The van der Waals surface area contributed by atoms with Gasteiger partial charge in [0.25, 0.3) is 5.56 Å². The number of ether oxygens (including phenoxy) is 3. The summed E-state index contributed by atoms with van der Waals surface area (Å²) in [5.41, 5.74) is 3.72. The van der Waals surface area contributed by atoms with Crippen LogP contribution >= 0.6 is 15.6 Å². The Bertz CT molecular complexity index is 1680. The molecule has 3 saturated heterocycles.